The second-order valence-corrected chi connectivity index (χ2v) is 2.17. The quantitative estimate of drug-likeness (QED) is 0.602. The summed E-state index contributed by atoms with van der Waals surface area (Å²) in [5.74, 6) is 1.58. The van der Waals surface area contributed by atoms with Gasteiger partial charge in [0.25, 0.3) is 0 Å². The Morgan fingerprint density at radius 3 is 2.55 bits per heavy atom. The molecule has 2 heteroatoms. The minimum atomic E-state index is 0.779. The highest BCUT2D eigenvalue weighted by molar-refractivity contribution is 5.27. The van der Waals surface area contributed by atoms with Gasteiger partial charge in [-0.15, -0.1) is 0 Å². The van der Waals surface area contributed by atoms with Crippen molar-refractivity contribution >= 4 is 0 Å². The van der Waals surface area contributed by atoms with Crippen LogP contribution in [0.15, 0.2) is 35.8 Å². The minimum Gasteiger partial charge on any atom is -0.493 e. The van der Waals surface area contributed by atoms with Crippen LogP contribution in [0.3, 0.4) is 0 Å². The van der Waals surface area contributed by atoms with Gasteiger partial charge < -0.3 is 9.47 Å². The molecular formula is C9H12O2. The second kappa shape index (κ2) is 3.86. The van der Waals surface area contributed by atoms with Gasteiger partial charge in [-0.1, -0.05) is 12.2 Å². The molecule has 0 heterocycles. The van der Waals surface area contributed by atoms with Crippen molar-refractivity contribution in [2.75, 3.05) is 14.2 Å². The predicted molar refractivity (Wildman–Crippen MR) is 43.9 cm³/mol. The van der Waals surface area contributed by atoms with Crippen molar-refractivity contribution in [1.82, 2.24) is 0 Å². The van der Waals surface area contributed by atoms with Crippen LogP contribution in [-0.4, -0.2) is 14.2 Å². The van der Waals surface area contributed by atoms with Gasteiger partial charge in [-0.05, 0) is 18.6 Å². The molecule has 1 aliphatic rings. The Morgan fingerprint density at radius 1 is 1.18 bits per heavy atom. The Hall–Kier alpha value is -1.18. The first kappa shape index (κ1) is 7.92. The third kappa shape index (κ3) is 1.87. The molecule has 1 aliphatic carbocycles. The SMILES string of the molecule is COC1=CC=CCC=C1OC. The Labute approximate surface area is 66.8 Å². The molecule has 0 fully saturated rings. The average molecular weight is 152 g/mol. The number of hydrogen-bond acceptors (Lipinski definition) is 2. The molecule has 0 radical (unpaired) electrons. The molecular weight excluding hydrogens is 140 g/mol. The number of ether oxygens (including phenoxy) is 2. The molecule has 0 amide bonds. The Morgan fingerprint density at radius 2 is 1.91 bits per heavy atom. The van der Waals surface area contributed by atoms with E-state index in [-0.39, 0.29) is 0 Å². The summed E-state index contributed by atoms with van der Waals surface area (Å²) in [5, 5.41) is 0. The van der Waals surface area contributed by atoms with Crippen LogP contribution in [0, 0.1) is 0 Å². The van der Waals surface area contributed by atoms with Crippen molar-refractivity contribution in [1.29, 1.82) is 0 Å². The van der Waals surface area contributed by atoms with Gasteiger partial charge in [-0.25, -0.2) is 0 Å². The van der Waals surface area contributed by atoms with Crippen molar-refractivity contribution in [2.45, 2.75) is 6.42 Å². The molecule has 0 spiro atoms. The fourth-order valence-electron chi connectivity index (χ4n) is 0.944. The van der Waals surface area contributed by atoms with Gasteiger partial charge in [0.1, 0.15) is 0 Å². The zero-order chi connectivity index (χ0) is 8.10. The second-order valence-electron chi connectivity index (χ2n) is 2.17. The lowest BCUT2D eigenvalue weighted by atomic mass is 10.3. The van der Waals surface area contributed by atoms with Crippen molar-refractivity contribution < 1.29 is 9.47 Å². The van der Waals surface area contributed by atoms with E-state index in [0.717, 1.165) is 17.9 Å². The summed E-state index contributed by atoms with van der Waals surface area (Å²) < 4.78 is 10.2. The summed E-state index contributed by atoms with van der Waals surface area (Å²) in [5.41, 5.74) is 0. The van der Waals surface area contributed by atoms with Gasteiger partial charge in [-0.2, -0.15) is 0 Å². The monoisotopic (exact) mass is 152 g/mol. The first-order valence-electron chi connectivity index (χ1n) is 3.54. The van der Waals surface area contributed by atoms with Crippen LogP contribution in [0.2, 0.25) is 0 Å². The molecule has 0 saturated carbocycles. The van der Waals surface area contributed by atoms with E-state index in [2.05, 4.69) is 0 Å². The van der Waals surface area contributed by atoms with E-state index in [1.165, 1.54) is 0 Å². The largest absolute Gasteiger partial charge is 0.493 e. The minimum absolute atomic E-state index is 0.779. The van der Waals surface area contributed by atoms with Crippen LogP contribution in [-0.2, 0) is 9.47 Å². The maximum Gasteiger partial charge on any atom is 0.160 e. The molecule has 11 heavy (non-hydrogen) atoms. The van der Waals surface area contributed by atoms with Gasteiger partial charge >= 0.3 is 0 Å². The standard InChI is InChI=1S/C9H12O2/c1-10-8-6-4-3-5-7-9(8)11-2/h3-4,6-7H,5H2,1-2H3. The molecule has 0 bridgehead atoms. The van der Waals surface area contributed by atoms with E-state index in [0.29, 0.717) is 0 Å². The van der Waals surface area contributed by atoms with Gasteiger partial charge in [-0.3, -0.25) is 0 Å². The topological polar surface area (TPSA) is 18.5 Å². The van der Waals surface area contributed by atoms with Crippen molar-refractivity contribution in [2.24, 2.45) is 0 Å². The van der Waals surface area contributed by atoms with E-state index >= 15 is 0 Å². The van der Waals surface area contributed by atoms with Crippen molar-refractivity contribution in [3.8, 4) is 0 Å². The molecule has 60 valence electrons. The number of allylic oxidation sites excluding steroid dienone is 4. The first-order valence-corrected chi connectivity index (χ1v) is 3.54. The molecule has 0 aromatic heterocycles. The summed E-state index contributed by atoms with van der Waals surface area (Å²) >= 11 is 0. The summed E-state index contributed by atoms with van der Waals surface area (Å²) in [6.45, 7) is 0. The average Bonchev–Trinajstić information content (AvgIpc) is 2.27. The third-order valence-corrected chi connectivity index (χ3v) is 1.51. The van der Waals surface area contributed by atoms with Gasteiger partial charge in [0, 0.05) is 0 Å². The lowest BCUT2D eigenvalue weighted by molar-refractivity contribution is 0.220. The molecule has 0 saturated heterocycles. The van der Waals surface area contributed by atoms with E-state index < -0.39 is 0 Å². The Bertz CT molecular complexity index is 212. The van der Waals surface area contributed by atoms with E-state index in [1.807, 2.05) is 24.3 Å². The summed E-state index contributed by atoms with van der Waals surface area (Å²) in [6.07, 6.45) is 8.78. The van der Waals surface area contributed by atoms with Gasteiger partial charge in [0.15, 0.2) is 11.5 Å². The third-order valence-electron chi connectivity index (χ3n) is 1.51. The van der Waals surface area contributed by atoms with Crippen LogP contribution < -0.4 is 0 Å². The summed E-state index contributed by atoms with van der Waals surface area (Å²) in [7, 11) is 3.28. The molecule has 1 rings (SSSR count). The molecule has 0 aromatic carbocycles. The highest BCUT2D eigenvalue weighted by Gasteiger charge is 2.04. The van der Waals surface area contributed by atoms with Crippen LogP contribution in [0.4, 0.5) is 0 Å². The molecule has 0 N–H and O–H groups in total. The first-order chi connectivity index (χ1) is 5.38. The Kier molecular flexibility index (Phi) is 2.78. The Balaban J connectivity index is 2.82. The zero-order valence-corrected chi connectivity index (χ0v) is 6.83. The predicted octanol–water partition coefficient (Wildman–Crippen LogP) is 2.01. The number of methoxy groups -OCH3 is 2. The zero-order valence-electron chi connectivity index (χ0n) is 6.83. The molecule has 0 atom stereocenters. The fraction of sp³-hybridized carbons (Fsp3) is 0.333. The van der Waals surface area contributed by atoms with E-state index in [4.69, 9.17) is 9.47 Å². The molecule has 0 unspecified atom stereocenters. The fourth-order valence-corrected chi connectivity index (χ4v) is 0.944. The van der Waals surface area contributed by atoms with Crippen molar-refractivity contribution in [3.05, 3.63) is 35.8 Å². The van der Waals surface area contributed by atoms with Gasteiger partial charge in [0.2, 0.25) is 0 Å². The molecule has 0 aliphatic heterocycles. The lowest BCUT2D eigenvalue weighted by Gasteiger charge is -2.07. The van der Waals surface area contributed by atoms with Crippen molar-refractivity contribution in [3.63, 3.8) is 0 Å². The van der Waals surface area contributed by atoms with Crippen LogP contribution in [0.1, 0.15) is 6.42 Å². The smallest absolute Gasteiger partial charge is 0.160 e. The van der Waals surface area contributed by atoms with Crippen LogP contribution in [0.5, 0.6) is 0 Å². The van der Waals surface area contributed by atoms with Crippen LogP contribution >= 0.6 is 0 Å². The van der Waals surface area contributed by atoms with E-state index in [1.54, 1.807) is 14.2 Å². The molecule has 0 aromatic rings. The number of hydrogen-bond donors (Lipinski definition) is 0. The number of rotatable bonds is 2. The van der Waals surface area contributed by atoms with Gasteiger partial charge in [0.05, 0.1) is 14.2 Å². The maximum atomic E-state index is 5.10. The van der Waals surface area contributed by atoms with Crippen LogP contribution in [0.25, 0.3) is 0 Å². The lowest BCUT2D eigenvalue weighted by Crippen LogP contribution is -1.93. The highest BCUT2D eigenvalue weighted by Crippen LogP contribution is 2.15. The summed E-state index contributed by atoms with van der Waals surface area (Å²) in [4.78, 5) is 0. The van der Waals surface area contributed by atoms with E-state index in [9.17, 15) is 0 Å². The highest BCUT2D eigenvalue weighted by atomic mass is 16.5. The maximum absolute atomic E-state index is 5.10. The normalized spacial score (nSPS) is 16.5. The summed E-state index contributed by atoms with van der Waals surface area (Å²) in [6, 6.07) is 0. The molecule has 2 nitrogen and oxygen atoms in total.